The van der Waals surface area contributed by atoms with Gasteiger partial charge in [0.15, 0.2) is 0 Å². The minimum atomic E-state index is -0.580. The summed E-state index contributed by atoms with van der Waals surface area (Å²) in [6.45, 7) is 6.98. The molecule has 4 nitrogen and oxygen atoms in total. The second-order valence-electron chi connectivity index (χ2n) is 4.45. The van der Waals surface area contributed by atoms with Crippen molar-refractivity contribution in [2.45, 2.75) is 33.3 Å². The molecule has 0 aliphatic rings. The van der Waals surface area contributed by atoms with Crippen molar-refractivity contribution in [1.29, 1.82) is 0 Å². The molecule has 16 heavy (non-hydrogen) atoms. The minimum Gasteiger partial charge on any atom is -0.444 e. The number of pyridine rings is 1. The third-order valence-electron chi connectivity index (χ3n) is 1.71. The van der Waals surface area contributed by atoms with Crippen molar-refractivity contribution in [3.8, 4) is 0 Å². The standard InChI is InChI=1S/C11H15FN2O2/c1-7-5-9(12)13-6-8(7)14-10(15)16-11(2,3)4/h5-6H,1-4H3,(H,14,15). The van der Waals surface area contributed by atoms with E-state index in [4.69, 9.17) is 4.74 Å². The van der Waals surface area contributed by atoms with E-state index >= 15 is 0 Å². The first kappa shape index (κ1) is 12.4. The first-order valence-electron chi connectivity index (χ1n) is 4.90. The molecule has 0 unspecified atom stereocenters. The summed E-state index contributed by atoms with van der Waals surface area (Å²) in [6.07, 6.45) is 0.679. The lowest BCUT2D eigenvalue weighted by Gasteiger charge is -2.20. The van der Waals surface area contributed by atoms with Crippen molar-refractivity contribution in [1.82, 2.24) is 4.98 Å². The molecule has 1 heterocycles. The molecule has 1 rings (SSSR count). The summed E-state index contributed by atoms with van der Waals surface area (Å²) in [7, 11) is 0. The maximum atomic E-state index is 12.7. The number of carbonyl (C=O) groups is 1. The number of halogens is 1. The van der Waals surface area contributed by atoms with Gasteiger partial charge in [0.25, 0.3) is 0 Å². The van der Waals surface area contributed by atoms with Gasteiger partial charge in [-0.15, -0.1) is 0 Å². The highest BCUT2D eigenvalue weighted by atomic mass is 19.1. The Labute approximate surface area is 93.8 Å². The zero-order valence-electron chi connectivity index (χ0n) is 9.80. The molecule has 5 heteroatoms. The molecule has 0 saturated heterocycles. The third-order valence-corrected chi connectivity index (χ3v) is 1.71. The molecule has 0 aromatic carbocycles. The van der Waals surface area contributed by atoms with Gasteiger partial charge in [0.1, 0.15) is 5.60 Å². The average Bonchev–Trinajstić information content (AvgIpc) is 2.06. The maximum Gasteiger partial charge on any atom is 0.412 e. The van der Waals surface area contributed by atoms with Gasteiger partial charge in [0, 0.05) is 0 Å². The number of rotatable bonds is 1. The van der Waals surface area contributed by atoms with Crippen LogP contribution in [-0.4, -0.2) is 16.7 Å². The number of aromatic nitrogens is 1. The van der Waals surface area contributed by atoms with E-state index in [0.29, 0.717) is 11.3 Å². The molecule has 0 fully saturated rings. The maximum absolute atomic E-state index is 12.7. The van der Waals surface area contributed by atoms with Crippen molar-refractivity contribution >= 4 is 11.8 Å². The van der Waals surface area contributed by atoms with E-state index in [1.165, 1.54) is 12.3 Å². The molecule has 1 amide bonds. The Bertz CT molecular complexity index is 399. The normalized spacial score (nSPS) is 11.1. The Kier molecular flexibility index (Phi) is 3.47. The number of anilines is 1. The smallest absolute Gasteiger partial charge is 0.412 e. The summed E-state index contributed by atoms with van der Waals surface area (Å²) in [5.74, 6) is -0.577. The average molecular weight is 226 g/mol. The molecule has 0 aliphatic heterocycles. The van der Waals surface area contributed by atoms with E-state index in [0.717, 1.165) is 0 Å². The highest BCUT2D eigenvalue weighted by Crippen LogP contribution is 2.15. The largest absolute Gasteiger partial charge is 0.444 e. The zero-order valence-corrected chi connectivity index (χ0v) is 9.80. The fourth-order valence-corrected chi connectivity index (χ4v) is 1.07. The Balaban J connectivity index is 2.70. The van der Waals surface area contributed by atoms with E-state index in [-0.39, 0.29) is 0 Å². The number of hydrogen-bond acceptors (Lipinski definition) is 3. The van der Waals surface area contributed by atoms with Crippen LogP contribution < -0.4 is 5.32 Å². The molecule has 1 N–H and O–H groups in total. The molecule has 0 atom stereocenters. The van der Waals surface area contributed by atoms with Crippen LogP contribution in [0, 0.1) is 12.9 Å². The summed E-state index contributed by atoms with van der Waals surface area (Å²) in [5, 5.41) is 2.50. The van der Waals surface area contributed by atoms with Crippen LogP contribution in [0.25, 0.3) is 0 Å². The molecule has 0 saturated carbocycles. The molecular weight excluding hydrogens is 211 g/mol. The number of nitrogens with one attached hydrogen (secondary N) is 1. The van der Waals surface area contributed by atoms with Gasteiger partial charge >= 0.3 is 6.09 Å². The first-order chi connectivity index (χ1) is 7.28. The van der Waals surface area contributed by atoms with Gasteiger partial charge in [-0.3, -0.25) is 5.32 Å². The van der Waals surface area contributed by atoms with Crippen molar-refractivity contribution in [2.24, 2.45) is 0 Å². The molecule has 0 bridgehead atoms. The van der Waals surface area contributed by atoms with Crippen LogP contribution in [0.4, 0.5) is 14.9 Å². The van der Waals surface area contributed by atoms with Crippen LogP contribution in [-0.2, 0) is 4.74 Å². The van der Waals surface area contributed by atoms with E-state index in [2.05, 4.69) is 10.3 Å². The first-order valence-corrected chi connectivity index (χ1v) is 4.90. The monoisotopic (exact) mass is 226 g/mol. The molecule has 0 aliphatic carbocycles. The molecule has 1 aromatic heterocycles. The summed E-state index contributed by atoms with van der Waals surface area (Å²) in [4.78, 5) is 14.9. The van der Waals surface area contributed by atoms with Crippen LogP contribution in [0.15, 0.2) is 12.3 Å². The molecule has 1 aromatic rings. The SMILES string of the molecule is Cc1cc(F)ncc1NC(=O)OC(C)(C)C. The Hall–Kier alpha value is -1.65. The highest BCUT2D eigenvalue weighted by molar-refractivity contribution is 5.85. The number of nitrogens with zero attached hydrogens (tertiary/aromatic N) is 1. The van der Waals surface area contributed by atoms with Crippen molar-refractivity contribution in [3.05, 3.63) is 23.8 Å². The van der Waals surface area contributed by atoms with Crippen LogP contribution in [0.5, 0.6) is 0 Å². The molecule has 88 valence electrons. The number of ether oxygens (including phenoxy) is 1. The lowest BCUT2D eigenvalue weighted by Crippen LogP contribution is -2.27. The van der Waals surface area contributed by atoms with Crippen LogP contribution >= 0.6 is 0 Å². The van der Waals surface area contributed by atoms with Gasteiger partial charge < -0.3 is 4.74 Å². The zero-order chi connectivity index (χ0) is 12.3. The summed E-state index contributed by atoms with van der Waals surface area (Å²) < 4.78 is 17.8. The van der Waals surface area contributed by atoms with Crippen LogP contribution in [0.3, 0.4) is 0 Å². The topological polar surface area (TPSA) is 51.2 Å². The second kappa shape index (κ2) is 4.47. The van der Waals surface area contributed by atoms with Gasteiger partial charge in [-0.05, 0) is 39.3 Å². The number of aryl methyl sites for hydroxylation is 1. The number of carbonyl (C=O) groups excluding carboxylic acids is 1. The lowest BCUT2D eigenvalue weighted by atomic mass is 10.2. The minimum absolute atomic E-state index is 0.440. The Morgan fingerprint density at radius 2 is 2.12 bits per heavy atom. The van der Waals surface area contributed by atoms with E-state index < -0.39 is 17.6 Å². The van der Waals surface area contributed by atoms with E-state index in [1.807, 2.05) is 0 Å². The second-order valence-corrected chi connectivity index (χ2v) is 4.45. The van der Waals surface area contributed by atoms with Crippen molar-refractivity contribution in [3.63, 3.8) is 0 Å². The van der Waals surface area contributed by atoms with Gasteiger partial charge in [-0.25, -0.2) is 9.78 Å². The summed E-state index contributed by atoms with van der Waals surface area (Å²) in [5.41, 5.74) is 0.472. The van der Waals surface area contributed by atoms with Gasteiger partial charge in [0.2, 0.25) is 5.95 Å². The highest BCUT2D eigenvalue weighted by Gasteiger charge is 2.16. The van der Waals surface area contributed by atoms with Crippen LogP contribution in [0.1, 0.15) is 26.3 Å². The molecular formula is C11H15FN2O2. The molecule has 0 radical (unpaired) electrons. The van der Waals surface area contributed by atoms with Gasteiger partial charge in [-0.1, -0.05) is 0 Å². The molecule has 0 spiro atoms. The summed E-state index contributed by atoms with van der Waals surface area (Å²) >= 11 is 0. The lowest BCUT2D eigenvalue weighted by molar-refractivity contribution is 0.0635. The fraction of sp³-hybridized carbons (Fsp3) is 0.455. The summed E-state index contributed by atoms with van der Waals surface area (Å²) in [6, 6.07) is 1.24. The quantitative estimate of drug-likeness (QED) is 0.749. The Morgan fingerprint density at radius 3 is 2.62 bits per heavy atom. The fourth-order valence-electron chi connectivity index (χ4n) is 1.07. The van der Waals surface area contributed by atoms with Crippen LogP contribution in [0.2, 0.25) is 0 Å². The van der Waals surface area contributed by atoms with Crippen molar-refractivity contribution in [2.75, 3.05) is 5.32 Å². The number of amides is 1. The van der Waals surface area contributed by atoms with Crippen molar-refractivity contribution < 1.29 is 13.9 Å². The van der Waals surface area contributed by atoms with E-state index in [1.54, 1.807) is 27.7 Å². The number of hydrogen-bond donors (Lipinski definition) is 1. The van der Waals surface area contributed by atoms with E-state index in [9.17, 15) is 9.18 Å². The van der Waals surface area contributed by atoms with Gasteiger partial charge in [-0.2, -0.15) is 4.39 Å². The Morgan fingerprint density at radius 1 is 1.50 bits per heavy atom. The predicted molar refractivity (Wildman–Crippen MR) is 58.8 cm³/mol. The predicted octanol–water partition coefficient (Wildman–Crippen LogP) is 2.88. The van der Waals surface area contributed by atoms with Gasteiger partial charge in [0.05, 0.1) is 11.9 Å². The third kappa shape index (κ3) is 3.84.